The molecule has 0 saturated heterocycles. The standard InChI is InChI=1S/C14H18ClNO2/c15-13-5-3-11(4-6-13)7-8-16(10-14(17)18)9-12-1-2-12/h3-6,12H,1-2,7-10H2,(H,17,18). The quantitative estimate of drug-likeness (QED) is 0.826. The fourth-order valence-electron chi connectivity index (χ4n) is 2.03. The monoisotopic (exact) mass is 267 g/mol. The smallest absolute Gasteiger partial charge is 0.317 e. The lowest BCUT2D eigenvalue weighted by Gasteiger charge is -2.19. The molecule has 0 heterocycles. The minimum absolute atomic E-state index is 0.143. The normalized spacial score (nSPS) is 15.0. The fraction of sp³-hybridized carbons (Fsp3) is 0.500. The molecule has 3 nitrogen and oxygen atoms in total. The maximum absolute atomic E-state index is 10.8. The van der Waals surface area contributed by atoms with Crippen molar-refractivity contribution >= 4 is 17.6 Å². The highest BCUT2D eigenvalue weighted by atomic mass is 35.5. The Bertz CT molecular complexity index is 401. The molecule has 1 aromatic carbocycles. The zero-order valence-electron chi connectivity index (χ0n) is 10.3. The van der Waals surface area contributed by atoms with Crippen LogP contribution in [0.5, 0.6) is 0 Å². The van der Waals surface area contributed by atoms with Crippen molar-refractivity contribution < 1.29 is 9.90 Å². The van der Waals surface area contributed by atoms with Crippen LogP contribution in [0.15, 0.2) is 24.3 Å². The van der Waals surface area contributed by atoms with Crippen molar-refractivity contribution in [1.29, 1.82) is 0 Å². The second kappa shape index (κ2) is 6.21. The van der Waals surface area contributed by atoms with E-state index in [0.29, 0.717) is 0 Å². The number of aliphatic carboxylic acids is 1. The van der Waals surface area contributed by atoms with Gasteiger partial charge in [-0.05, 0) is 42.9 Å². The Morgan fingerprint density at radius 3 is 2.56 bits per heavy atom. The minimum atomic E-state index is -0.744. The average Bonchev–Trinajstić information content (AvgIpc) is 3.11. The van der Waals surface area contributed by atoms with Gasteiger partial charge in [0.05, 0.1) is 6.54 Å². The molecule has 0 aromatic heterocycles. The third kappa shape index (κ3) is 4.67. The van der Waals surface area contributed by atoms with E-state index < -0.39 is 5.97 Å². The molecule has 0 radical (unpaired) electrons. The highest BCUT2D eigenvalue weighted by Gasteiger charge is 2.24. The summed E-state index contributed by atoms with van der Waals surface area (Å²) in [5, 5.41) is 9.63. The van der Waals surface area contributed by atoms with Crippen LogP contribution in [0.25, 0.3) is 0 Å². The number of rotatable bonds is 7. The van der Waals surface area contributed by atoms with E-state index in [1.54, 1.807) is 0 Å². The molecule has 0 amide bonds. The van der Waals surface area contributed by atoms with Crippen molar-refractivity contribution in [2.24, 2.45) is 5.92 Å². The molecule has 98 valence electrons. The first-order chi connectivity index (χ1) is 8.63. The molecule has 1 aliphatic carbocycles. The van der Waals surface area contributed by atoms with Crippen molar-refractivity contribution in [3.63, 3.8) is 0 Å². The van der Waals surface area contributed by atoms with Gasteiger partial charge in [0.2, 0.25) is 0 Å². The third-order valence-electron chi connectivity index (χ3n) is 3.20. The largest absolute Gasteiger partial charge is 0.480 e. The summed E-state index contributed by atoms with van der Waals surface area (Å²) in [5.41, 5.74) is 1.20. The summed E-state index contributed by atoms with van der Waals surface area (Å²) in [7, 11) is 0. The Morgan fingerprint density at radius 2 is 2.00 bits per heavy atom. The predicted molar refractivity (Wildman–Crippen MR) is 72.0 cm³/mol. The number of halogens is 1. The van der Waals surface area contributed by atoms with Crippen LogP contribution in [0.3, 0.4) is 0 Å². The highest BCUT2D eigenvalue weighted by Crippen LogP contribution is 2.29. The lowest BCUT2D eigenvalue weighted by Crippen LogP contribution is -2.33. The molecule has 4 heteroatoms. The van der Waals surface area contributed by atoms with Crippen molar-refractivity contribution in [1.82, 2.24) is 4.90 Å². The Kier molecular flexibility index (Phi) is 4.61. The molecule has 0 spiro atoms. The van der Waals surface area contributed by atoms with Crippen molar-refractivity contribution in [2.75, 3.05) is 19.6 Å². The molecule has 18 heavy (non-hydrogen) atoms. The van der Waals surface area contributed by atoms with Crippen molar-refractivity contribution in [2.45, 2.75) is 19.3 Å². The van der Waals surface area contributed by atoms with Crippen LogP contribution in [-0.4, -0.2) is 35.6 Å². The van der Waals surface area contributed by atoms with Crippen LogP contribution in [-0.2, 0) is 11.2 Å². The van der Waals surface area contributed by atoms with Gasteiger partial charge in [-0.15, -0.1) is 0 Å². The van der Waals surface area contributed by atoms with Gasteiger partial charge < -0.3 is 5.11 Å². The third-order valence-corrected chi connectivity index (χ3v) is 3.45. The molecule has 1 aliphatic rings. The Labute approximate surface area is 112 Å². The highest BCUT2D eigenvalue weighted by molar-refractivity contribution is 6.30. The maximum Gasteiger partial charge on any atom is 0.317 e. The van der Waals surface area contributed by atoms with Crippen molar-refractivity contribution in [3.05, 3.63) is 34.9 Å². The molecule has 1 aromatic rings. The van der Waals surface area contributed by atoms with E-state index in [2.05, 4.69) is 0 Å². The van der Waals surface area contributed by atoms with Gasteiger partial charge in [-0.3, -0.25) is 9.69 Å². The molecule has 0 unspecified atom stereocenters. The van der Waals surface area contributed by atoms with E-state index in [0.717, 1.165) is 30.5 Å². The molecule has 1 saturated carbocycles. The van der Waals surface area contributed by atoms with Gasteiger partial charge in [0.15, 0.2) is 0 Å². The van der Waals surface area contributed by atoms with Crippen LogP contribution in [0.4, 0.5) is 0 Å². The van der Waals surface area contributed by atoms with E-state index in [1.807, 2.05) is 29.2 Å². The van der Waals surface area contributed by atoms with Crippen LogP contribution >= 0.6 is 11.6 Å². The van der Waals surface area contributed by atoms with Crippen LogP contribution < -0.4 is 0 Å². The second-order valence-electron chi connectivity index (χ2n) is 4.95. The summed E-state index contributed by atoms with van der Waals surface area (Å²) in [6.45, 7) is 1.86. The number of benzene rings is 1. The number of carboxylic acid groups (broad SMARTS) is 1. The predicted octanol–water partition coefficient (Wildman–Crippen LogP) is 2.68. The van der Waals surface area contributed by atoms with E-state index in [1.165, 1.54) is 18.4 Å². The summed E-state index contributed by atoms with van der Waals surface area (Å²) < 4.78 is 0. The number of hydrogen-bond donors (Lipinski definition) is 1. The molecule has 1 fully saturated rings. The molecule has 0 bridgehead atoms. The van der Waals surface area contributed by atoms with Gasteiger partial charge in [-0.2, -0.15) is 0 Å². The van der Waals surface area contributed by atoms with Gasteiger partial charge in [-0.25, -0.2) is 0 Å². The lowest BCUT2D eigenvalue weighted by atomic mass is 10.1. The summed E-state index contributed by atoms with van der Waals surface area (Å²) in [6.07, 6.45) is 3.37. The molecular weight excluding hydrogens is 250 g/mol. The summed E-state index contributed by atoms with van der Waals surface area (Å²) in [6, 6.07) is 7.75. The second-order valence-corrected chi connectivity index (χ2v) is 5.39. The average molecular weight is 268 g/mol. The van der Waals surface area contributed by atoms with Crippen LogP contribution in [0.1, 0.15) is 18.4 Å². The molecular formula is C14H18ClNO2. The zero-order chi connectivity index (χ0) is 13.0. The van der Waals surface area contributed by atoms with Gasteiger partial charge in [-0.1, -0.05) is 23.7 Å². The summed E-state index contributed by atoms with van der Waals surface area (Å²) in [5.74, 6) is -0.0266. The number of nitrogens with zero attached hydrogens (tertiary/aromatic N) is 1. The van der Waals surface area contributed by atoms with Crippen LogP contribution in [0, 0.1) is 5.92 Å². The first kappa shape index (κ1) is 13.4. The fourth-order valence-corrected chi connectivity index (χ4v) is 2.16. The number of hydrogen-bond acceptors (Lipinski definition) is 2. The molecule has 0 atom stereocenters. The Balaban J connectivity index is 1.83. The first-order valence-electron chi connectivity index (χ1n) is 6.32. The maximum atomic E-state index is 10.8. The zero-order valence-corrected chi connectivity index (χ0v) is 11.1. The van der Waals surface area contributed by atoms with E-state index in [4.69, 9.17) is 16.7 Å². The van der Waals surface area contributed by atoms with Gasteiger partial charge >= 0.3 is 5.97 Å². The molecule has 0 aliphatic heterocycles. The lowest BCUT2D eigenvalue weighted by molar-refractivity contribution is -0.138. The summed E-state index contributed by atoms with van der Waals surface area (Å²) >= 11 is 5.83. The first-order valence-corrected chi connectivity index (χ1v) is 6.70. The van der Waals surface area contributed by atoms with Crippen LogP contribution in [0.2, 0.25) is 5.02 Å². The minimum Gasteiger partial charge on any atom is -0.480 e. The Morgan fingerprint density at radius 1 is 1.33 bits per heavy atom. The topological polar surface area (TPSA) is 40.5 Å². The van der Waals surface area contributed by atoms with Gasteiger partial charge in [0.25, 0.3) is 0 Å². The SMILES string of the molecule is O=C(O)CN(CCc1ccc(Cl)cc1)CC1CC1. The van der Waals surface area contributed by atoms with E-state index in [9.17, 15) is 4.79 Å². The number of carbonyl (C=O) groups is 1. The molecule has 2 rings (SSSR count). The van der Waals surface area contributed by atoms with E-state index in [-0.39, 0.29) is 6.54 Å². The summed E-state index contributed by atoms with van der Waals surface area (Å²) in [4.78, 5) is 12.8. The Hall–Kier alpha value is -1.06. The van der Waals surface area contributed by atoms with Gasteiger partial charge in [0, 0.05) is 18.1 Å². The van der Waals surface area contributed by atoms with E-state index >= 15 is 0 Å². The number of carboxylic acids is 1. The molecule has 1 N–H and O–H groups in total. The van der Waals surface area contributed by atoms with Crippen molar-refractivity contribution in [3.8, 4) is 0 Å². The van der Waals surface area contributed by atoms with Gasteiger partial charge in [0.1, 0.15) is 0 Å².